The zero-order valence-electron chi connectivity index (χ0n) is 44.8. The molecule has 6 heteroatoms. The standard InChI is InChI=1S/C63H104O6/c1-4-7-10-13-16-19-22-24-26-27-28-29-30-31-32-33-34-35-37-38-41-44-47-50-53-56-62(65)68-59-60(58-67-61(64)55-52-49-46-43-40-21-18-15-12-9-6-3)69-63(66)57-54-51-48-45-42-39-36-25-23-20-17-14-11-8-5-2/h7-8,10-11,16-17,19-20,24-26,28-29,31-32,34-36,60H,4-6,9,12-15,18,21-23,27,30,33,37-59H2,1-3H3/b10-7-,11-8-,19-16-,20-17-,26-24-,29-28-,32-31-,35-34-,36-25-. The van der Waals surface area contributed by atoms with Gasteiger partial charge < -0.3 is 14.2 Å². The summed E-state index contributed by atoms with van der Waals surface area (Å²) in [6.45, 7) is 6.38. The summed E-state index contributed by atoms with van der Waals surface area (Å²) >= 11 is 0. The van der Waals surface area contributed by atoms with E-state index in [2.05, 4.69) is 130 Å². The molecule has 0 saturated heterocycles. The van der Waals surface area contributed by atoms with Crippen LogP contribution >= 0.6 is 0 Å². The maximum atomic E-state index is 12.8. The van der Waals surface area contributed by atoms with Crippen LogP contribution in [0.4, 0.5) is 0 Å². The molecule has 0 aliphatic carbocycles. The molecule has 0 saturated carbocycles. The number of ether oxygens (including phenoxy) is 3. The third-order valence-corrected chi connectivity index (χ3v) is 11.8. The molecule has 0 aliphatic heterocycles. The van der Waals surface area contributed by atoms with Crippen molar-refractivity contribution < 1.29 is 28.6 Å². The van der Waals surface area contributed by atoms with Crippen LogP contribution in [0.1, 0.15) is 252 Å². The van der Waals surface area contributed by atoms with Crippen molar-refractivity contribution in [3.63, 3.8) is 0 Å². The van der Waals surface area contributed by atoms with Crippen LogP contribution in [-0.4, -0.2) is 37.2 Å². The zero-order chi connectivity index (χ0) is 50.0. The lowest BCUT2D eigenvalue weighted by molar-refractivity contribution is -0.167. The lowest BCUT2D eigenvalue weighted by Crippen LogP contribution is -2.30. The third-order valence-electron chi connectivity index (χ3n) is 11.8. The molecule has 0 aromatic rings. The number of allylic oxidation sites excluding steroid dienone is 18. The molecule has 0 rings (SSSR count). The van der Waals surface area contributed by atoms with Crippen LogP contribution in [-0.2, 0) is 28.6 Å². The Labute approximate surface area is 425 Å². The minimum Gasteiger partial charge on any atom is -0.462 e. The minimum absolute atomic E-state index is 0.0896. The number of hydrogen-bond acceptors (Lipinski definition) is 6. The molecule has 0 radical (unpaired) electrons. The van der Waals surface area contributed by atoms with E-state index in [1.807, 2.05) is 0 Å². The molecule has 0 heterocycles. The number of rotatable bonds is 50. The molecule has 0 N–H and O–H groups in total. The number of hydrogen-bond donors (Lipinski definition) is 0. The second-order valence-corrected chi connectivity index (χ2v) is 18.4. The lowest BCUT2D eigenvalue weighted by Gasteiger charge is -2.18. The van der Waals surface area contributed by atoms with Gasteiger partial charge in [0.05, 0.1) is 0 Å². The van der Waals surface area contributed by atoms with Gasteiger partial charge in [-0.3, -0.25) is 14.4 Å². The van der Waals surface area contributed by atoms with Gasteiger partial charge in [-0.05, 0) is 103 Å². The van der Waals surface area contributed by atoms with Gasteiger partial charge in [0.25, 0.3) is 0 Å². The van der Waals surface area contributed by atoms with Crippen LogP contribution in [0.2, 0.25) is 0 Å². The van der Waals surface area contributed by atoms with Crippen molar-refractivity contribution in [2.24, 2.45) is 0 Å². The van der Waals surface area contributed by atoms with Crippen LogP contribution < -0.4 is 0 Å². The van der Waals surface area contributed by atoms with Gasteiger partial charge in [-0.1, -0.05) is 239 Å². The molecular weight excluding hydrogens is 853 g/mol. The lowest BCUT2D eigenvalue weighted by atomic mass is 10.1. The summed E-state index contributed by atoms with van der Waals surface area (Å²) in [4.78, 5) is 38.1. The van der Waals surface area contributed by atoms with E-state index in [1.54, 1.807) is 0 Å². The first-order valence-electron chi connectivity index (χ1n) is 28.4. The quantitative estimate of drug-likeness (QED) is 0.0262. The summed E-state index contributed by atoms with van der Waals surface area (Å²) in [5, 5.41) is 0. The van der Waals surface area contributed by atoms with E-state index in [4.69, 9.17) is 14.2 Å². The number of carbonyl (C=O) groups is 3. The van der Waals surface area contributed by atoms with Crippen molar-refractivity contribution in [2.45, 2.75) is 258 Å². The number of carbonyl (C=O) groups excluding carboxylic acids is 3. The number of unbranched alkanes of at least 4 members (excludes halogenated alkanes) is 21. The van der Waals surface area contributed by atoms with E-state index in [0.717, 1.165) is 148 Å². The molecule has 0 fully saturated rings. The zero-order valence-corrected chi connectivity index (χ0v) is 44.8. The highest BCUT2D eigenvalue weighted by atomic mass is 16.6. The minimum atomic E-state index is -0.793. The highest BCUT2D eigenvalue weighted by Crippen LogP contribution is 2.14. The largest absolute Gasteiger partial charge is 0.462 e. The summed E-state index contributed by atoms with van der Waals surface area (Å²) in [6, 6.07) is 0. The van der Waals surface area contributed by atoms with E-state index < -0.39 is 6.10 Å². The molecule has 69 heavy (non-hydrogen) atoms. The van der Waals surface area contributed by atoms with E-state index >= 15 is 0 Å². The van der Waals surface area contributed by atoms with E-state index in [9.17, 15) is 14.4 Å². The van der Waals surface area contributed by atoms with E-state index in [1.165, 1.54) is 64.2 Å². The van der Waals surface area contributed by atoms with Crippen molar-refractivity contribution in [2.75, 3.05) is 13.2 Å². The Morgan fingerprint density at radius 1 is 0.304 bits per heavy atom. The predicted molar refractivity (Wildman–Crippen MR) is 297 cm³/mol. The maximum absolute atomic E-state index is 12.8. The second kappa shape index (κ2) is 56.7. The molecular formula is C63H104O6. The van der Waals surface area contributed by atoms with Crippen LogP contribution in [0.25, 0.3) is 0 Å². The highest BCUT2D eigenvalue weighted by molar-refractivity contribution is 5.71. The third kappa shape index (κ3) is 54.9. The Morgan fingerprint density at radius 2 is 0.565 bits per heavy atom. The molecule has 0 aliphatic rings. The van der Waals surface area contributed by atoms with Gasteiger partial charge in [-0.15, -0.1) is 0 Å². The van der Waals surface area contributed by atoms with Crippen molar-refractivity contribution in [1.82, 2.24) is 0 Å². The Kier molecular flexibility index (Phi) is 53.4. The van der Waals surface area contributed by atoms with Crippen molar-refractivity contribution in [3.8, 4) is 0 Å². The van der Waals surface area contributed by atoms with Gasteiger partial charge in [-0.25, -0.2) is 0 Å². The van der Waals surface area contributed by atoms with Crippen molar-refractivity contribution >= 4 is 17.9 Å². The van der Waals surface area contributed by atoms with Crippen molar-refractivity contribution in [3.05, 3.63) is 109 Å². The molecule has 0 aromatic carbocycles. The normalized spacial score (nSPS) is 12.9. The topological polar surface area (TPSA) is 78.9 Å². The average molecular weight is 958 g/mol. The Hall–Kier alpha value is -3.93. The molecule has 392 valence electrons. The smallest absolute Gasteiger partial charge is 0.306 e. The van der Waals surface area contributed by atoms with Gasteiger partial charge in [0.15, 0.2) is 6.10 Å². The monoisotopic (exact) mass is 957 g/mol. The Balaban J connectivity index is 4.36. The first-order valence-corrected chi connectivity index (χ1v) is 28.4. The number of esters is 3. The fraction of sp³-hybridized carbons (Fsp3) is 0.667. The first-order chi connectivity index (χ1) is 34.0. The molecule has 6 nitrogen and oxygen atoms in total. The highest BCUT2D eigenvalue weighted by Gasteiger charge is 2.19. The Bertz CT molecular complexity index is 1420. The van der Waals surface area contributed by atoms with Crippen LogP contribution in [0.5, 0.6) is 0 Å². The molecule has 0 bridgehead atoms. The predicted octanol–water partition coefficient (Wildman–Crippen LogP) is 19.1. The summed E-state index contributed by atoms with van der Waals surface area (Å²) in [5.41, 5.74) is 0. The summed E-state index contributed by atoms with van der Waals surface area (Å²) in [7, 11) is 0. The average Bonchev–Trinajstić information content (AvgIpc) is 3.35. The van der Waals surface area contributed by atoms with Gasteiger partial charge in [0.2, 0.25) is 0 Å². The maximum Gasteiger partial charge on any atom is 0.306 e. The van der Waals surface area contributed by atoms with Gasteiger partial charge in [0.1, 0.15) is 13.2 Å². The SMILES string of the molecule is CC/C=C\C/C=C\C/C=C\C/C=C\C/C=C\C/C=C\CCCCCCCCC(=O)OCC(COC(=O)CCCCCCCCCCCCC)OC(=O)CCCCCCC/C=C\C/C=C\C/C=C\CC. The molecule has 0 aromatic heterocycles. The van der Waals surface area contributed by atoms with Crippen molar-refractivity contribution in [1.29, 1.82) is 0 Å². The van der Waals surface area contributed by atoms with Gasteiger partial charge in [0, 0.05) is 19.3 Å². The summed E-state index contributed by atoms with van der Waals surface area (Å²) in [6.07, 6.45) is 76.5. The summed E-state index contributed by atoms with van der Waals surface area (Å²) in [5.74, 6) is -0.923. The first kappa shape index (κ1) is 65.1. The van der Waals surface area contributed by atoms with E-state index in [-0.39, 0.29) is 31.1 Å². The molecule has 1 unspecified atom stereocenters. The molecule has 0 amide bonds. The molecule has 0 spiro atoms. The van der Waals surface area contributed by atoms with Crippen LogP contribution in [0.15, 0.2) is 109 Å². The van der Waals surface area contributed by atoms with Gasteiger partial charge in [-0.2, -0.15) is 0 Å². The summed E-state index contributed by atoms with van der Waals surface area (Å²) < 4.78 is 16.8. The van der Waals surface area contributed by atoms with Crippen LogP contribution in [0, 0.1) is 0 Å². The van der Waals surface area contributed by atoms with Gasteiger partial charge >= 0.3 is 17.9 Å². The Morgan fingerprint density at radius 3 is 0.884 bits per heavy atom. The fourth-order valence-corrected chi connectivity index (χ4v) is 7.58. The van der Waals surface area contributed by atoms with E-state index in [0.29, 0.717) is 19.3 Å². The van der Waals surface area contributed by atoms with Crippen LogP contribution in [0.3, 0.4) is 0 Å². The fourth-order valence-electron chi connectivity index (χ4n) is 7.58. The second-order valence-electron chi connectivity index (χ2n) is 18.4. The molecule has 1 atom stereocenters.